The first kappa shape index (κ1) is 22.4. The van der Waals surface area contributed by atoms with E-state index in [2.05, 4.69) is 10.6 Å². The standard InChI is InChI=1S/C25H26N4O5/c26-19-13-34-12-18(19)22(15-4-2-1-3-5-15)27-11-14-6-7-16-17(10-14)25(33)29(24(16)32)20-8-9-21(30)28-23(20)31/h1-7,10,18-20,22,27H,8-9,11-13,26H2,(H,28,30,31)/t18-,19-,20?,22?/m1/s1. The summed E-state index contributed by atoms with van der Waals surface area (Å²) in [4.78, 5) is 50.7. The molecule has 34 heavy (non-hydrogen) atoms. The third-order valence-corrected chi connectivity index (χ3v) is 6.79. The number of carbonyl (C=O) groups is 4. The Labute approximate surface area is 196 Å². The number of benzene rings is 2. The summed E-state index contributed by atoms with van der Waals surface area (Å²) >= 11 is 0. The fourth-order valence-corrected chi connectivity index (χ4v) is 4.96. The zero-order valence-electron chi connectivity index (χ0n) is 18.5. The van der Waals surface area contributed by atoms with Gasteiger partial charge in [-0.25, -0.2) is 0 Å². The smallest absolute Gasteiger partial charge is 0.262 e. The number of fused-ring (bicyclic) bond motifs is 1. The van der Waals surface area contributed by atoms with Crippen molar-refractivity contribution >= 4 is 23.6 Å². The minimum absolute atomic E-state index is 0.0377. The fraction of sp³-hybridized carbons (Fsp3) is 0.360. The quantitative estimate of drug-likeness (QED) is 0.544. The van der Waals surface area contributed by atoms with E-state index in [1.54, 1.807) is 18.2 Å². The first-order chi connectivity index (χ1) is 16.4. The summed E-state index contributed by atoms with van der Waals surface area (Å²) in [5, 5.41) is 5.77. The third kappa shape index (κ3) is 4.02. The van der Waals surface area contributed by atoms with Crippen LogP contribution in [0.4, 0.5) is 0 Å². The van der Waals surface area contributed by atoms with E-state index in [1.807, 2.05) is 30.3 Å². The Hall–Kier alpha value is -3.40. The molecular weight excluding hydrogens is 436 g/mol. The first-order valence-corrected chi connectivity index (χ1v) is 11.4. The molecule has 0 aromatic heterocycles. The number of nitrogens with zero attached hydrogens (tertiary/aromatic N) is 1. The molecule has 9 nitrogen and oxygen atoms in total. The van der Waals surface area contributed by atoms with Crippen molar-refractivity contribution in [3.05, 3.63) is 70.8 Å². The maximum absolute atomic E-state index is 13.1. The summed E-state index contributed by atoms with van der Waals surface area (Å²) in [5.74, 6) is -1.93. The lowest BCUT2D eigenvalue weighted by Gasteiger charge is -2.27. The molecule has 2 aromatic carbocycles. The van der Waals surface area contributed by atoms with Crippen molar-refractivity contribution in [1.29, 1.82) is 0 Å². The topological polar surface area (TPSA) is 131 Å². The Bertz CT molecular complexity index is 1150. The predicted molar refractivity (Wildman–Crippen MR) is 121 cm³/mol. The maximum atomic E-state index is 13.1. The van der Waals surface area contributed by atoms with Gasteiger partial charge in [-0.1, -0.05) is 36.4 Å². The lowest BCUT2D eigenvalue weighted by Crippen LogP contribution is -2.54. The number of imide groups is 2. The molecule has 2 aromatic rings. The number of piperidine rings is 1. The summed E-state index contributed by atoms with van der Waals surface area (Å²) in [6, 6.07) is 14.0. The molecule has 0 radical (unpaired) electrons. The normalized spacial score (nSPS) is 25.4. The molecule has 3 heterocycles. The lowest BCUT2D eigenvalue weighted by molar-refractivity contribution is -0.136. The highest BCUT2D eigenvalue weighted by Crippen LogP contribution is 2.31. The Balaban J connectivity index is 1.35. The number of nitrogens with two attached hydrogens (primary N) is 1. The van der Waals surface area contributed by atoms with Gasteiger partial charge >= 0.3 is 0 Å². The van der Waals surface area contributed by atoms with Gasteiger partial charge in [0.1, 0.15) is 6.04 Å². The summed E-state index contributed by atoms with van der Waals surface area (Å²) < 4.78 is 5.59. The number of nitrogens with one attached hydrogen (secondary N) is 2. The molecule has 2 fully saturated rings. The van der Waals surface area contributed by atoms with Crippen LogP contribution in [0.1, 0.15) is 50.7 Å². The minimum atomic E-state index is -0.974. The van der Waals surface area contributed by atoms with Gasteiger partial charge in [0.05, 0.1) is 24.3 Å². The van der Waals surface area contributed by atoms with Crippen LogP contribution in [0.25, 0.3) is 0 Å². The van der Waals surface area contributed by atoms with Crippen molar-refractivity contribution in [3.8, 4) is 0 Å². The van der Waals surface area contributed by atoms with Crippen molar-refractivity contribution < 1.29 is 23.9 Å². The maximum Gasteiger partial charge on any atom is 0.262 e. The number of ether oxygens (including phenoxy) is 1. The third-order valence-electron chi connectivity index (χ3n) is 6.79. The SMILES string of the molecule is N[C@@H]1COC[C@H]1C(NCc1ccc2c(c1)C(=O)N(C1CCC(=O)NC1=O)C2=O)c1ccccc1. The molecule has 176 valence electrons. The second-order valence-electron chi connectivity index (χ2n) is 8.96. The summed E-state index contributed by atoms with van der Waals surface area (Å²) in [5.41, 5.74) is 8.76. The molecule has 3 aliphatic heterocycles. The number of hydrogen-bond donors (Lipinski definition) is 3. The van der Waals surface area contributed by atoms with E-state index in [-0.39, 0.29) is 42.0 Å². The molecule has 3 aliphatic rings. The van der Waals surface area contributed by atoms with Crippen LogP contribution in [-0.4, -0.2) is 53.8 Å². The number of hydrogen-bond acceptors (Lipinski definition) is 7. The Morgan fingerprint density at radius 1 is 1.03 bits per heavy atom. The average molecular weight is 463 g/mol. The van der Waals surface area contributed by atoms with E-state index in [0.29, 0.717) is 19.8 Å². The monoisotopic (exact) mass is 462 g/mol. The van der Waals surface area contributed by atoms with Crippen molar-refractivity contribution in [1.82, 2.24) is 15.5 Å². The average Bonchev–Trinajstić information content (AvgIpc) is 3.36. The van der Waals surface area contributed by atoms with E-state index < -0.39 is 29.7 Å². The first-order valence-electron chi connectivity index (χ1n) is 11.4. The zero-order chi connectivity index (χ0) is 23.8. The van der Waals surface area contributed by atoms with Crippen LogP contribution in [0.15, 0.2) is 48.5 Å². The second-order valence-corrected chi connectivity index (χ2v) is 8.96. The number of rotatable bonds is 6. The van der Waals surface area contributed by atoms with E-state index in [1.165, 1.54) is 0 Å². The Kier molecular flexibility index (Phi) is 5.99. The van der Waals surface area contributed by atoms with Gasteiger partial charge in [0, 0.05) is 31.0 Å². The molecule has 4 amide bonds. The minimum Gasteiger partial charge on any atom is -0.379 e. The largest absolute Gasteiger partial charge is 0.379 e. The van der Waals surface area contributed by atoms with Crippen LogP contribution in [0.5, 0.6) is 0 Å². The lowest BCUT2D eigenvalue weighted by atomic mass is 9.89. The van der Waals surface area contributed by atoms with Gasteiger partial charge in [-0.05, 0) is 29.7 Å². The van der Waals surface area contributed by atoms with Crippen molar-refractivity contribution in [3.63, 3.8) is 0 Å². The highest BCUT2D eigenvalue weighted by atomic mass is 16.5. The molecule has 2 saturated heterocycles. The van der Waals surface area contributed by atoms with Crippen LogP contribution in [0.3, 0.4) is 0 Å². The molecule has 0 bridgehead atoms. The molecular formula is C25H26N4O5. The molecule has 2 unspecified atom stereocenters. The van der Waals surface area contributed by atoms with Gasteiger partial charge in [0.25, 0.3) is 11.8 Å². The molecule has 5 rings (SSSR count). The molecule has 0 saturated carbocycles. The van der Waals surface area contributed by atoms with Crippen molar-refractivity contribution in [2.45, 2.75) is 37.5 Å². The van der Waals surface area contributed by atoms with Crippen LogP contribution in [0.2, 0.25) is 0 Å². The zero-order valence-corrected chi connectivity index (χ0v) is 18.5. The summed E-state index contributed by atoms with van der Waals surface area (Å²) in [6.07, 6.45) is 0.222. The molecule has 0 spiro atoms. The number of carbonyl (C=O) groups excluding carboxylic acids is 4. The van der Waals surface area contributed by atoms with Gasteiger partial charge in [-0.3, -0.25) is 29.4 Å². The highest BCUT2D eigenvalue weighted by molar-refractivity contribution is 6.23. The van der Waals surface area contributed by atoms with Crippen LogP contribution in [-0.2, 0) is 20.9 Å². The van der Waals surface area contributed by atoms with Gasteiger partial charge in [0.2, 0.25) is 11.8 Å². The second kappa shape index (κ2) is 9.09. The molecule has 0 aliphatic carbocycles. The fourth-order valence-electron chi connectivity index (χ4n) is 4.96. The highest BCUT2D eigenvalue weighted by Gasteiger charge is 2.44. The number of amides is 4. The molecule has 4 N–H and O–H groups in total. The van der Waals surface area contributed by atoms with Crippen molar-refractivity contribution in [2.24, 2.45) is 11.7 Å². The van der Waals surface area contributed by atoms with Gasteiger partial charge < -0.3 is 15.8 Å². The van der Waals surface area contributed by atoms with Crippen LogP contribution >= 0.6 is 0 Å². The van der Waals surface area contributed by atoms with Gasteiger partial charge in [0.15, 0.2) is 0 Å². The van der Waals surface area contributed by atoms with Crippen LogP contribution in [0, 0.1) is 5.92 Å². The molecule has 4 atom stereocenters. The molecule has 9 heteroatoms. The van der Waals surface area contributed by atoms with Crippen LogP contribution < -0.4 is 16.4 Å². The summed E-state index contributed by atoms with van der Waals surface area (Å²) in [6.45, 7) is 1.53. The van der Waals surface area contributed by atoms with E-state index >= 15 is 0 Å². The Morgan fingerprint density at radius 2 is 1.79 bits per heavy atom. The van der Waals surface area contributed by atoms with E-state index in [4.69, 9.17) is 10.5 Å². The van der Waals surface area contributed by atoms with Gasteiger partial charge in [-0.15, -0.1) is 0 Å². The van der Waals surface area contributed by atoms with Crippen molar-refractivity contribution in [2.75, 3.05) is 13.2 Å². The van der Waals surface area contributed by atoms with E-state index in [9.17, 15) is 19.2 Å². The van der Waals surface area contributed by atoms with E-state index in [0.717, 1.165) is 16.0 Å². The summed E-state index contributed by atoms with van der Waals surface area (Å²) in [7, 11) is 0. The van der Waals surface area contributed by atoms with Gasteiger partial charge in [-0.2, -0.15) is 0 Å². The Morgan fingerprint density at radius 3 is 2.50 bits per heavy atom. The predicted octanol–water partition coefficient (Wildman–Crippen LogP) is 0.892.